The van der Waals surface area contributed by atoms with Crippen molar-refractivity contribution in [3.8, 4) is 5.75 Å². The quantitative estimate of drug-likeness (QED) is 0.718. The van der Waals surface area contributed by atoms with Crippen LogP contribution in [0.15, 0.2) is 66.3 Å². The van der Waals surface area contributed by atoms with Gasteiger partial charge in [0.25, 0.3) is 5.91 Å². The molecule has 2 aromatic heterocycles. The summed E-state index contributed by atoms with van der Waals surface area (Å²) in [7, 11) is 0. The third-order valence-electron chi connectivity index (χ3n) is 3.61. The zero-order valence-electron chi connectivity index (χ0n) is 13.3. The minimum absolute atomic E-state index is 0.0205. The molecule has 1 aromatic carbocycles. The van der Waals surface area contributed by atoms with E-state index in [-0.39, 0.29) is 11.9 Å². The maximum atomic E-state index is 12.3. The number of carbonyl (C=O) groups is 1. The normalized spacial score (nSPS) is 13.2. The lowest BCUT2D eigenvalue weighted by molar-refractivity contribution is -0.127. The number of hydrogen-bond acceptors (Lipinski definition) is 4. The molecule has 24 heavy (non-hydrogen) atoms. The van der Waals surface area contributed by atoms with Crippen LogP contribution in [0.5, 0.6) is 5.75 Å². The van der Waals surface area contributed by atoms with Gasteiger partial charge in [-0.2, -0.15) is 5.10 Å². The number of hydrogen-bond donors (Lipinski definition) is 1. The highest BCUT2D eigenvalue weighted by atomic mass is 32.1. The number of thiophene rings is 1. The van der Waals surface area contributed by atoms with Crippen LogP contribution in [-0.2, 0) is 4.79 Å². The van der Waals surface area contributed by atoms with E-state index in [0.29, 0.717) is 12.3 Å². The summed E-state index contributed by atoms with van der Waals surface area (Å²) in [6.07, 6.45) is 3.08. The van der Waals surface area contributed by atoms with Crippen molar-refractivity contribution < 1.29 is 9.53 Å². The summed E-state index contributed by atoms with van der Waals surface area (Å²) in [5.74, 6) is 0.537. The Balaban J connectivity index is 1.61. The summed E-state index contributed by atoms with van der Waals surface area (Å²) in [4.78, 5) is 13.5. The van der Waals surface area contributed by atoms with E-state index >= 15 is 0 Å². The number of amides is 1. The van der Waals surface area contributed by atoms with Gasteiger partial charge in [-0.15, -0.1) is 11.3 Å². The number of carbonyl (C=O) groups excluding carboxylic acids is 1. The first-order valence-corrected chi connectivity index (χ1v) is 8.64. The van der Waals surface area contributed by atoms with Crippen LogP contribution in [-0.4, -0.2) is 28.3 Å². The molecule has 0 spiro atoms. The average molecular weight is 341 g/mol. The summed E-state index contributed by atoms with van der Waals surface area (Å²) in [6.45, 7) is 2.21. The van der Waals surface area contributed by atoms with Gasteiger partial charge >= 0.3 is 0 Å². The smallest absolute Gasteiger partial charge is 0.260 e. The molecule has 6 heteroatoms. The Hall–Kier alpha value is -2.60. The van der Waals surface area contributed by atoms with Crippen molar-refractivity contribution in [2.24, 2.45) is 0 Å². The Labute approximate surface area is 144 Å². The molecule has 0 fully saturated rings. The standard InChI is InChI=1S/C18H19N3O2S/c1-14(23-15-7-3-2-4-8-15)18(22)19-13-16(17-9-5-12-24-17)21-11-6-10-20-21/h2-12,14,16H,13H2,1H3,(H,19,22)/t14-,16+/m1/s1. The Morgan fingerprint density at radius 2 is 2.08 bits per heavy atom. The molecule has 0 saturated carbocycles. The Bertz CT molecular complexity index is 708. The fourth-order valence-corrected chi connectivity index (χ4v) is 3.19. The summed E-state index contributed by atoms with van der Waals surface area (Å²) in [5.41, 5.74) is 0. The van der Waals surface area contributed by atoms with Crippen molar-refractivity contribution in [1.29, 1.82) is 0 Å². The van der Waals surface area contributed by atoms with Crippen LogP contribution in [0.1, 0.15) is 17.8 Å². The van der Waals surface area contributed by atoms with Gasteiger partial charge < -0.3 is 10.1 Å². The third-order valence-corrected chi connectivity index (χ3v) is 4.58. The second-order valence-electron chi connectivity index (χ2n) is 5.34. The van der Waals surface area contributed by atoms with Gasteiger partial charge in [-0.25, -0.2) is 0 Å². The van der Waals surface area contributed by atoms with Gasteiger partial charge in [0.1, 0.15) is 11.8 Å². The van der Waals surface area contributed by atoms with Crippen LogP contribution in [0, 0.1) is 0 Å². The van der Waals surface area contributed by atoms with Crippen molar-refractivity contribution in [3.63, 3.8) is 0 Å². The van der Waals surface area contributed by atoms with Crippen LogP contribution < -0.4 is 10.1 Å². The number of nitrogens with one attached hydrogen (secondary N) is 1. The van der Waals surface area contributed by atoms with E-state index in [1.807, 2.05) is 64.8 Å². The molecule has 0 aliphatic carbocycles. The summed E-state index contributed by atoms with van der Waals surface area (Å²) in [5, 5.41) is 9.29. The summed E-state index contributed by atoms with van der Waals surface area (Å²) < 4.78 is 7.51. The lowest BCUT2D eigenvalue weighted by atomic mass is 10.2. The summed E-state index contributed by atoms with van der Waals surface area (Å²) >= 11 is 1.65. The van der Waals surface area contributed by atoms with E-state index in [4.69, 9.17) is 4.74 Å². The molecular formula is C18H19N3O2S. The largest absolute Gasteiger partial charge is 0.481 e. The number of benzene rings is 1. The number of para-hydroxylation sites is 1. The van der Waals surface area contributed by atoms with E-state index in [0.717, 1.165) is 4.88 Å². The van der Waals surface area contributed by atoms with Gasteiger partial charge in [-0.1, -0.05) is 24.3 Å². The first-order chi connectivity index (χ1) is 11.7. The molecule has 2 heterocycles. The molecule has 0 bridgehead atoms. The fourth-order valence-electron chi connectivity index (χ4n) is 2.37. The monoisotopic (exact) mass is 341 g/mol. The third kappa shape index (κ3) is 4.02. The van der Waals surface area contributed by atoms with E-state index in [9.17, 15) is 4.79 Å². The fraction of sp³-hybridized carbons (Fsp3) is 0.222. The highest BCUT2D eigenvalue weighted by Crippen LogP contribution is 2.22. The average Bonchev–Trinajstić information content (AvgIpc) is 3.30. The second kappa shape index (κ2) is 7.79. The van der Waals surface area contributed by atoms with Gasteiger partial charge in [0, 0.05) is 23.8 Å². The summed E-state index contributed by atoms with van der Waals surface area (Å²) in [6, 6.07) is 15.2. The molecule has 2 atom stereocenters. The maximum Gasteiger partial charge on any atom is 0.260 e. The van der Waals surface area contributed by atoms with Crippen molar-refractivity contribution >= 4 is 17.2 Å². The topological polar surface area (TPSA) is 56.1 Å². The second-order valence-corrected chi connectivity index (χ2v) is 6.31. The molecule has 0 aliphatic rings. The molecule has 3 aromatic rings. The Morgan fingerprint density at radius 3 is 2.75 bits per heavy atom. The van der Waals surface area contributed by atoms with E-state index < -0.39 is 6.10 Å². The zero-order chi connectivity index (χ0) is 16.8. The highest BCUT2D eigenvalue weighted by Gasteiger charge is 2.19. The van der Waals surface area contributed by atoms with Crippen LogP contribution in [0.3, 0.4) is 0 Å². The first-order valence-electron chi connectivity index (χ1n) is 7.76. The molecule has 3 rings (SSSR count). The van der Waals surface area contributed by atoms with Gasteiger partial charge in [0.05, 0.1) is 0 Å². The minimum Gasteiger partial charge on any atom is -0.481 e. The molecule has 0 unspecified atom stereocenters. The van der Waals surface area contributed by atoms with Crippen LogP contribution in [0.25, 0.3) is 0 Å². The molecule has 0 aliphatic heterocycles. The molecule has 124 valence electrons. The molecule has 1 amide bonds. The Morgan fingerprint density at radius 1 is 1.25 bits per heavy atom. The van der Waals surface area contributed by atoms with Crippen molar-refractivity contribution in [1.82, 2.24) is 15.1 Å². The van der Waals surface area contributed by atoms with Crippen molar-refractivity contribution in [3.05, 3.63) is 71.2 Å². The molecule has 0 radical (unpaired) electrons. The van der Waals surface area contributed by atoms with E-state index in [1.165, 1.54) is 0 Å². The van der Waals surface area contributed by atoms with Gasteiger partial charge in [-0.05, 0) is 36.6 Å². The maximum absolute atomic E-state index is 12.3. The van der Waals surface area contributed by atoms with Crippen molar-refractivity contribution in [2.75, 3.05) is 6.54 Å². The SMILES string of the molecule is C[C@@H](Oc1ccccc1)C(=O)NC[C@@H](c1cccs1)n1cccn1. The van der Waals surface area contributed by atoms with E-state index in [2.05, 4.69) is 10.4 Å². The Kier molecular flexibility index (Phi) is 5.28. The van der Waals surface area contributed by atoms with Crippen molar-refractivity contribution in [2.45, 2.75) is 19.1 Å². The molecule has 0 saturated heterocycles. The predicted octanol–water partition coefficient (Wildman–Crippen LogP) is 3.12. The predicted molar refractivity (Wildman–Crippen MR) is 94.2 cm³/mol. The number of ether oxygens (including phenoxy) is 1. The number of nitrogens with zero attached hydrogens (tertiary/aromatic N) is 2. The van der Waals surface area contributed by atoms with Gasteiger partial charge in [0.2, 0.25) is 0 Å². The van der Waals surface area contributed by atoms with Gasteiger partial charge in [-0.3, -0.25) is 9.48 Å². The van der Waals surface area contributed by atoms with Crippen LogP contribution >= 0.6 is 11.3 Å². The highest BCUT2D eigenvalue weighted by molar-refractivity contribution is 7.10. The molecule has 5 nitrogen and oxygen atoms in total. The molecule has 1 N–H and O–H groups in total. The van der Waals surface area contributed by atoms with Crippen LogP contribution in [0.2, 0.25) is 0 Å². The number of rotatable bonds is 7. The molecular weight excluding hydrogens is 322 g/mol. The van der Waals surface area contributed by atoms with Gasteiger partial charge in [0.15, 0.2) is 6.10 Å². The number of aromatic nitrogens is 2. The minimum atomic E-state index is -0.561. The van der Waals surface area contributed by atoms with Crippen LogP contribution in [0.4, 0.5) is 0 Å². The van der Waals surface area contributed by atoms with E-state index in [1.54, 1.807) is 24.5 Å². The zero-order valence-corrected chi connectivity index (χ0v) is 14.1. The lowest BCUT2D eigenvalue weighted by Crippen LogP contribution is -2.39. The lowest BCUT2D eigenvalue weighted by Gasteiger charge is -2.19. The first kappa shape index (κ1) is 16.3.